The van der Waals surface area contributed by atoms with Crippen molar-refractivity contribution < 1.29 is 27.8 Å². The van der Waals surface area contributed by atoms with Gasteiger partial charge in [0.2, 0.25) is 5.51 Å². The minimum absolute atomic E-state index is 0.192. The summed E-state index contributed by atoms with van der Waals surface area (Å²) in [7, 11) is -4.74. The number of hydrogen-bond donors (Lipinski definition) is 0. The first-order valence-corrected chi connectivity index (χ1v) is 18.8. The van der Waals surface area contributed by atoms with Crippen LogP contribution in [0.25, 0.3) is 11.1 Å². The Morgan fingerprint density at radius 2 is 1.44 bits per heavy atom. The highest BCUT2D eigenvalue weighted by Crippen LogP contribution is 2.45. The Balaban J connectivity index is 1.28. The van der Waals surface area contributed by atoms with Crippen LogP contribution in [0.5, 0.6) is 17.2 Å². The summed E-state index contributed by atoms with van der Waals surface area (Å²) in [6, 6.07) is 21.9. The smallest absolute Gasteiger partial charge is 0.372 e. The van der Waals surface area contributed by atoms with Crippen molar-refractivity contribution in [2.45, 2.75) is 97.4 Å². The lowest BCUT2D eigenvalue weighted by atomic mass is 10.0. The predicted octanol–water partition coefficient (Wildman–Crippen LogP) is 10.1. The number of thiazole rings is 1. The molecule has 0 amide bonds. The Hall–Kier alpha value is -3.12. The van der Waals surface area contributed by atoms with Gasteiger partial charge in [0.15, 0.2) is 12.7 Å². The number of phosphoric acid groups is 1. The highest BCUT2D eigenvalue weighted by atomic mass is 32.1. The zero-order valence-electron chi connectivity index (χ0n) is 26.8. The molecule has 6 nitrogen and oxygen atoms in total. The quantitative estimate of drug-likeness (QED) is 0.0510. The van der Waals surface area contributed by atoms with Crippen LogP contribution >= 0.6 is 19.2 Å². The summed E-state index contributed by atoms with van der Waals surface area (Å²) < 4.78 is 32.1. The largest absolute Gasteiger partial charge is 0.736 e. The Morgan fingerprint density at radius 1 is 0.756 bits per heavy atom. The van der Waals surface area contributed by atoms with Crippen LogP contribution in [0.3, 0.4) is 0 Å². The van der Waals surface area contributed by atoms with Crippen LogP contribution in [0.2, 0.25) is 0 Å². The number of benzene rings is 3. The third-order valence-corrected chi connectivity index (χ3v) is 9.42. The van der Waals surface area contributed by atoms with Gasteiger partial charge in [-0.1, -0.05) is 131 Å². The molecule has 242 valence electrons. The first-order chi connectivity index (χ1) is 21.9. The van der Waals surface area contributed by atoms with Crippen molar-refractivity contribution in [2.24, 2.45) is 0 Å². The van der Waals surface area contributed by atoms with E-state index >= 15 is 0 Å². The summed E-state index contributed by atoms with van der Waals surface area (Å²) in [5.41, 5.74) is 4.41. The van der Waals surface area contributed by atoms with Gasteiger partial charge in [-0.15, -0.1) is 0 Å². The van der Waals surface area contributed by atoms with Crippen molar-refractivity contribution in [3.05, 3.63) is 94.9 Å². The molecule has 0 saturated heterocycles. The van der Waals surface area contributed by atoms with Crippen LogP contribution in [0.1, 0.15) is 94.4 Å². The number of nitrogens with zero attached hydrogens (tertiary/aromatic N) is 1. The molecular weight excluding hydrogens is 601 g/mol. The molecule has 1 unspecified atom stereocenters. The molecule has 4 aromatic rings. The molecule has 0 N–H and O–H groups in total. The van der Waals surface area contributed by atoms with Gasteiger partial charge in [0.1, 0.15) is 17.2 Å². The lowest BCUT2D eigenvalue weighted by Gasteiger charge is -2.25. The van der Waals surface area contributed by atoms with Gasteiger partial charge >= 0.3 is 7.82 Å². The maximum atomic E-state index is 13.1. The van der Waals surface area contributed by atoms with Crippen molar-refractivity contribution in [1.29, 1.82) is 0 Å². The van der Waals surface area contributed by atoms with Crippen LogP contribution in [0.15, 0.2) is 84.5 Å². The summed E-state index contributed by atoms with van der Waals surface area (Å²) >= 11 is 1.66. The van der Waals surface area contributed by atoms with E-state index < -0.39 is 7.82 Å². The number of rotatable bonds is 21. The summed E-state index contributed by atoms with van der Waals surface area (Å²) in [6.07, 6.45) is 17.6. The zero-order chi connectivity index (χ0) is 31.7. The van der Waals surface area contributed by atoms with Crippen LogP contribution in [-0.4, -0.2) is 6.61 Å². The molecular formula is C37H48NO5PS. The maximum absolute atomic E-state index is 13.1. The fraction of sp³-hybridized carbons (Fsp3) is 0.432. The standard InChI is InChI=1S/C37H48NO5PS/c1-3-4-5-6-7-8-9-10-11-12-13-17-25-41-34-23-24-37(36(27-34)33-20-15-14-16-21-33)43-44(39,40)42-35-22-18-19-32(26-35)29-38-28-31(2)45-30-38/h14-16,18-24,26-28,30H,3-13,17,25,29H2,1-2H3. The van der Waals surface area contributed by atoms with Crippen LogP contribution in [0, 0.1) is 6.92 Å². The molecule has 0 aliphatic rings. The van der Waals surface area contributed by atoms with E-state index in [2.05, 4.69) is 17.7 Å². The van der Waals surface area contributed by atoms with Crippen molar-refractivity contribution in [3.8, 4) is 28.4 Å². The van der Waals surface area contributed by atoms with Crippen LogP contribution in [0.4, 0.5) is 0 Å². The number of hydrogen-bond acceptors (Lipinski definition) is 6. The van der Waals surface area contributed by atoms with E-state index in [9.17, 15) is 9.46 Å². The van der Waals surface area contributed by atoms with Crippen LogP contribution in [-0.2, 0) is 11.1 Å². The summed E-state index contributed by atoms with van der Waals surface area (Å²) in [5.74, 6) is 1.08. The predicted molar refractivity (Wildman–Crippen MR) is 182 cm³/mol. The van der Waals surface area contributed by atoms with E-state index in [-0.39, 0.29) is 11.5 Å². The Morgan fingerprint density at radius 3 is 2.11 bits per heavy atom. The second-order valence-electron chi connectivity index (χ2n) is 11.7. The van der Waals surface area contributed by atoms with E-state index in [1.807, 2.05) is 54.9 Å². The SMILES string of the molecule is CCCCCCCCCCCCCCOc1ccc(OP(=O)([O-])Oc2cccc(C[n+]3csc(C)c3)c2)c(-c2ccccc2)c1. The topological polar surface area (TPSA) is 71.7 Å². The molecule has 0 spiro atoms. The van der Waals surface area contributed by atoms with Crippen molar-refractivity contribution in [3.63, 3.8) is 0 Å². The number of unbranched alkanes of at least 4 members (excludes halogenated alkanes) is 11. The Kier molecular flexibility index (Phi) is 14.5. The molecule has 0 bridgehead atoms. The van der Waals surface area contributed by atoms with Gasteiger partial charge < -0.3 is 18.7 Å². The van der Waals surface area contributed by atoms with Crippen molar-refractivity contribution >= 4 is 19.2 Å². The van der Waals surface area contributed by atoms with Gasteiger partial charge in [0.25, 0.3) is 0 Å². The normalized spacial score (nSPS) is 12.5. The molecule has 45 heavy (non-hydrogen) atoms. The molecule has 1 heterocycles. The second kappa shape index (κ2) is 18.8. The third kappa shape index (κ3) is 12.7. The Labute approximate surface area is 273 Å². The van der Waals surface area contributed by atoms with E-state index in [4.69, 9.17) is 13.8 Å². The molecule has 1 aromatic heterocycles. The van der Waals surface area contributed by atoms with Crippen molar-refractivity contribution in [2.75, 3.05) is 6.61 Å². The summed E-state index contributed by atoms with van der Waals surface area (Å²) in [6.45, 7) is 5.55. The molecule has 1 atom stereocenters. The first-order valence-electron chi connectivity index (χ1n) is 16.5. The second-order valence-corrected chi connectivity index (χ2v) is 14.0. The zero-order valence-corrected chi connectivity index (χ0v) is 28.5. The lowest BCUT2D eigenvalue weighted by Crippen LogP contribution is -2.30. The summed E-state index contributed by atoms with van der Waals surface area (Å²) in [5, 5.41) is 0. The molecule has 0 aliphatic carbocycles. The van der Waals surface area contributed by atoms with E-state index in [1.54, 1.807) is 41.7 Å². The van der Waals surface area contributed by atoms with Gasteiger partial charge in [0, 0.05) is 11.1 Å². The average molecular weight is 650 g/mol. The molecule has 8 heteroatoms. The molecule has 0 fully saturated rings. The minimum Gasteiger partial charge on any atom is -0.736 e. The number of aryl methyl sites for hydroxylation is 1. The molecule has 0 saturated carbocycles. The number of ether oxygens (including phenoxy) is 1. The minimum atomic E-state index is -4.74. The number of phosphoric ester groups is 1. The average Bonchev–Trinajstić information content (AvgIpc) is 3.44. The van der Waals surface area contributed by atoms with Crippen molar-refractivity contribution in [1.82, 2.24) is 0 Å². The summed E-state index contributed by atoms with van der Waals surface area (Å²) in [4.78, 5) is 14.3. The molecule has 0 radical (unpaired) electrons. The Bertz CT molecular complexity index is 1470. The highest BCUT2D eigenvalue weighted by Gasteiger charge is 2.18. The van der Waals surface area contributed by atoms with E-state index in [1.165, 1.54) is 69.1 Å². The molecule has 4 rings (SSSR count). The lowest BCUT2D eigenvalue weighted by molar-refractivity contribution is -0.683. The fourth-order valence-electron chi connectivity index (χ4n) is 5.36. The van der Waals surface area contributed by atoms with E-state index in [0.717, 1.165) is 24.0 Å². The molecule has 0 aliphatic heterocycles. The highest BCUT2D eigenvalue weighted by molar-refractivity contribution is 7.46. The molecule has 3 aromatic carbocycles. The van der Waals surface area contributed by atoms with Crippen LogP contribution < -0.4 is 23.2 Å². The van der Waals surface area contributed by atoms with Gasteiger partial charge in [-0.25, -0.2) is 4.57 Å². The fourth-order valence-corrected chi connectivity index (χ4v) is 6.81. The monoisotopic (exact) mass is 649 g/mol. The van der Waals surface area contributed by atoms with Gasteiger partial charge in [-0.3, -0.25) is 0 Å². The number of aromatic nitrogens is 1. The third-order valence-electron chi connectivity index (χ3n) is 7.72. The van der Waals surface area contributed by atoms with Gasteiger partial charge in [-0.2, -0.15) is 4.57 Å². The van der Waals surface area contributed by atoms with Gasteiger partial charge in [0.05, 0.1) is 11.5 Å². The maximum Gasteiger partial charge on any atom is 0.372 e. The van der Waals surface area contributed by atoms with Gasteiger partial charge in [-0.05, 0) is 49.2 Å². The first kappa shape index (κ1) is 34.7. The van der Waals surface area contributed by atoms with E-state index in [0.29, 0.717) is 24.5 Å².